The fourth-order valence-corrected chi connectivity index (χ4v) is 2.11. The first-order valence-corrected chi connectivity index (χ1v) is 7.13. The number of aromatic nitrogens is 1. The molecule has 1 atom stereocenters. The van der Waals surface area contributed by atoms with Gasteiger partial charge in [0.2, 0.25) is 0 Å². The van der Waals surface area contributed by atoms with Crippen molar-refractivity contribution in [1.82, 2.24) is 4.98 Å². The van der Waals surface area contributed by atoms with Gasteiger partial charge in [0.25, 0.3) is 0 Å². The molecule has 1 aromatic carbocycles. The molecule has 0 saturated heterocycles. The topological polar surface area (TPSA) is 65.2 Å². The average Bonchev–Trinajstić information content (AvgIpc) is 2.54. The molecule has 1 heterocycles. The zero-order valence-electron chi connectivity index (χ0n) is 12.2. The van der Waals surface area contributed by atoms with Crippen molar-refractivity contribution in [1.29, 1.82) is 0 Å². The number of pyridine rings is 1. The number of hydrogen-bond acceptors (Lipinski definition) is 4. The van der Waals surface area contributed by atoms with Crippen LogP contribution in [0.5, 0.6) is 5.75 Å². The summed E-state index contributed by atoms with van der Waals surface area (Å²) >= 11 is 0. The molecule has 1 aromatic heterocycles. The van der Waals surface area contributed by atoms with E-state index >= 15 is 0 Å². The van der Waals surface area contributed by atoms with Gasteiger partial charge in [-0.3, -0.25) is 4.79 Å². The maximum atomic E-state index is 10.9. The molecule has 0 amide bonds. The Kier molecular flexibility index (Phi) is 5.46. The summed E-state index contributed by atoms with van der Waals surface area (Å²) in [6.45, 7) is 2.52. The number of carbonyl (C=O) groups excluding carboxylic acids is 1. The van der Waals surface area contributed by atoms with Gasteiger partial charge >= 0.3 is 0 Å². The van der Waals surface area contributed by atoms with Crippen LogP contribution in [0.15, 0.2) is 42.5 Å². The highest BCUT2D eigenvalue weighted by Crippen LogP contribution is 2.25. The van der Waals surface area contributed by atoms with Gasteiger partial charge in [0, 0.05) is 0 Å². The van der Waals surface area contributed by atoms with Crippen molar-refractivity contribution in [3.05, 3.63) is 59.4 Å². The number of carbonyl (C=O) groups is 1. The highest BCUT2D eigenvalue weighted by Gasteiger charge is 2.14. The minimum atomic E-state index is -0.222. The number of rotatable bonds is 7. The van der Waals surface area contributed by atoms with Crippen LogP contribution in [0.2, 0.25) is 0 Å². The van der Waals surface area contributed by atoms with Gasteiger partial charge in [0.1, 0.15) is 18.1 Å². The van der Waals surface area contributed by atoms with E-state index in [0.717, 1.165) is 24.7 Å². The summed E-state index contributed by atoms with van der Waals surface area (Å²) in [7, 11) is 0. The monoisotopic (exact) mass is 284 g/mol. The van der Waals surface area contributed by atoms with E-state index in [1.807, 2.05) is 30.3 Å². The molecule has 2 N–H and O–H groups in total. The third-order valence-corrected chi connectivity index (χ3v) is 3.22. The molecule has 4 heteroatoms. The Hall–Kier alpha value is -2.20. The van der Waals surface area contributed by atoms with Gasteiger partial charge in [-0.05, 0) is 24.1 Å². The standard InChI is InChI=1S/C17H20N2O2/c1-2-6-15(18)17-16(10-9-14(11-20)19-17)21-12-13-7-4-3-5-8-13/h3-5,7-11,15H,2,6,12,18H2,1H3/t15-/m0/s1. The van der Waals surface area contributed by atoms with Crippen molar-refractivity contribution in [2.24, 2.45) is 5.73 Å². The lowest BCUT2D eigenvalue weighted by Gasteiger charge is -2.16. The normalized spacial score (nSPS) is 11.9. The van der Waals surface area contributed by atoms with E-state index in [2.05, 4.69) is 11.9 Å². The molecule has 0 unspecified atom stereocenters. The van der Waals surface area contributed by atoms with Crippen LogP contribution in [-0.2, 0) is 6.61 Å². The number of nitrogens with two attached hydrogens (primary N) is 1. The minimum Gasteiger partial charge on any atom is -0.487 e. The van der Waals surface area contributed by atoms with E-state index in [0.29, 0.717) is 23.7 Å². The summed E-state index contributed by atoms with van der Waals surface area (Å²) in [4.78, 5) is 15.2. The lowest BCUT2D eigenvalue weighted by Crippen LogP contribution is -2.14. The Balaban J connectivity index is 2.19. The molecule has 0 bridgehead atoms. The van der Waals surface area contributed by atoms with Crippen LogP contribution >= 0.6 is 0 Å². The van der Waals surface area contributed by atoms with Crippen LogP contribution in [0.4, 0.5) is 0 Å². The van der Waals surface area contributed by atoms with Crippen LogP contribution in [0.1, 0.15) is 47.6 Å². The Morgan fingerprint density at radius 3 is 2.67 bits per heavy atom. The molecule has 0 spiro atoms. The molecule has 21 heavy (non-hydrogen) atoms. The first-order chi connectivity index (χ1) is 10.2. The highest BCUT2D eigenvalue weighted by molar-refractivity contribution is 5.72. The Labute approximate surface area is 125 Å². The molecule has 4 nitrogen and oxygen atoms in total. The van der Waals surface area contributed by atoms with Crippen LogP contribution < -0.4 is 10.5 Å². The van der Waals surface area contributed by atoms with Gasteiger partial charge in [0.15, 0.2) is 6.29 Å². The fraction of sp³-hybridized carbons (Fsp3) is 0.294. The zero-order chi connectivity index (χ0) is 15.1. The number of benzene rings is 1. The summed E-state index contributed by atoms with van der Waals surface area (Å²) in [6.07, 6.45) is 2.48. The van der Waals surface area contributed by atoms with Crippen LogP contribution in [-0.4, -0.2) is 11.3 Å². The van der Waals surface area contributed by atoms with Crippen LogP contribution in [0, 0.1) is 0 Å². The second-order valence-corrected chi connectivity index (χ2v) is 4.91. The van der Waals surface area contributed by atoms with E-state index in [1.54, 1.807) is 12.1 Å². The summed E-state index contributed by atoms with van der Waals surface area (Å²) in [5.41, 5.74) is 8.25. The summed E-state index contributed by atoms with van der Waals surface area (Å²) in [5, 5.41) is 0. The average molecular weight is 284 g/mol. The Morgan fingerprint density at radius 2 is 2.00 bits per heavy atom. The second-order valence-electron chi connectivity index (χ2n) is 4.91. The van der Waals surface area contributed by atoms with Gasteiger partial charge in [-0.25, -0.2) is 4.98 Å². The van der Waals surface area contributed by atoms with Crippen molar-refractivity contribution in [2.45, 2.75) is 32.4 Å². The van der Waals surface area contributed by atoms with Crippen molar-refractivity contribution < 1.29 is 9.53 Å². The number of aldehydes is 1. The molecular weight excluding hydrogens is 264 g/mol. The highest BCUT2D eigenvalue weighted by atomic mass is 16.5. The molecule has 0 aliphatic carbocycles. The van der Waals surface area contributed by atoms with Crippen LogP contribution in [0.25, 0.3) is 0 Å². The van der Waals surface area contributed by atoms with Gasteiger partial charge in [-0.15, -0.1) is 0 Å². The van der Waals surface area contributed by atoms with Gasteiger partial charge in [-0.2, -0.15) is 0 Å². The smallest absolute Gasteiger partial charge is 0.168 e. The first-order valence-electron chi connectivity index (χ1n) is 7.13. The molecular formula is C17H20N2O2. The summed E-state index contributed by atoms with van der Waals surface area (Å²) in [6, 6.07) is 13.1. The van der Waals surface area contributed by atoms with E-state index < -0.39 is 0 Å². The number of hydrogen-bond donors (Lipinski definition) is 1. The molecule has 2 rings (SSSR count). The maximum absolute atomic E-state index is 10.9. The SMILES string of the molecule is CCC[C@H](N)c1nc(C=O)ccc1OCc1ccccc1. The Morgan fingerprint density at radius 1 is 1.24 bits per heavy atom. The van der Waals surface area contributed by atoms with Crippen molar-refractivity contribution >= 4 is 6.29 Å². The molecule has 0 fully saturated rings. The number of nitrogens with zero attached hydrogens (tertiary/aromatic N) is 1. The lowest BCUT2D eigenvalue weighted by molar-refractivity contribution is 0.111. The first kappa shape index (κ1) is 15.2. The third-order valence-electron chi connectivity index (χ3n) is 3.22. The lowest BCUT2D eigenvalue weighted by atomic mass is 10.1. The third kappa shape index (κ3) is 4.13. The van der Waals surface area contributed by atoms with Gasteiger partial charge in [0.05, 0.1) is 11.7 Å². The maximum Gasteiger partial charge on any atom is 0.168 e. The van der Waals surface area contributed by atoms with Crippen LogP contribution in [0.3, 0.4) is 0 Å². The predicted octanol–water partition coefficient (Wildman–Crippen LogP) is 3.27. The Bertz CT molecular complexity index is 585. The molecule has 110 valence electrons. The van der Waals surface area contributed by atoms with Crippen molar-refractivity contribution in [2.75, 3.05) is 0 Å². The van der Waals surface area contributed by atoms with Gasteiger partial charge < -0.3 is 10.5 Å². The van der Waals surface area contributed by atoms with E-state index in [9.17, 15) is 4.79 Å². The minimum absolute atomic E-state index is 0.222. The zero-order valence-corrected chi connectivity index (χ0v) is 12.2. The van der Waals surface area contributed by atoms with Gasteiger partial charge in [-0.1, -0.05) is 43.7 Å². The quantitative estimate of drug-likeness (QED) is 0.792. The fourth-order valence-electron chi connectivity index (χ4n) is 2.11. The molecule has 0 radical (unpaired) electrons. The predicted molar refractivity (Wildman–Crippen MR) is 82.2 cm³/mol. The molecule has 2 aromatic rings. The van der Waals surface area contributed by atoms with E-state index in [-0.39, 0.29) is 6.04 Å². The van der Waals surface area contributed by atoms with E-state index in [1.165, 1.54) is 0 Å². The number of ether oxygens (including phenoxy) is 1. The van der Waals surface area contributed by atoms with Crippen molar-refractivity contribution in [3.8, 4) is 5.75 Å². The van der Waals surface area contributed by atoms with Crippen molar-refractivity contribution in [3.63, 3.8) is 0 Å². The molecule has 0 saturated carbocycles. The second kappa shape index (κ2) is 7.55. The molecule has 0 aliphatic heterocycles. The molecule has 0 aliphatic rings. The summed E-state index contributed by atoms with van der Waals surface area (Å²) in [5.74, 6) is 0.644. The summed E-state index contributed by atoms with van der Waals surface area (Å²) < 4.78 is 5.83. The largest absolute Gasteiger partial charge is 0.487 e. The van der Waals surface area contributed by atoms with E-state index in [4.69, 9.17) is 10.5 Å².